The van der Waals surface area contributed by atoms with Gasteiger partial charge >= 0.3 is 0 Å². The van der Waals surface area contributed by atoms with Gasteiger partial charge in [-0.25, -0.2) is 13.1 Å². The van der Waals surface area contributed by atoms with Crippen molar-refractivity contribution in [2.75, 3.05) is 26.2 Å². The fraction of sp³-hybridized carbons (Fsp3) is 0.273. The first-order chi connectivity index (χ1) is 15.3. The summed E-state index contributed by atoms with van der Waals surface area (Å²) in [7, 11) is -1.60. The smallest absolute Gasteiger partial charge is 0.236 e. The second kappa shape index (κ2) is 9.68. The number of halogens is 1. The van der Waals surface area contributed by atoms with Crippen molar-refractivity contribution < 1.29 is 8.42 Å². The lowest BCUT2D eigenvalue weighted by atomic mass is 10.2. The number of hydrogen-bond acceptors (Lipinski definition) is 5. The highest BCUT2D eigenvalue weighted by Gasteiger charge is 2.25. The minimum absolute atomic E-state index is 0.416. The molecule has 2 heterocycles. The number of rotatable bonds is 6. The van der Waals surface area contributed by atoms with E-state index in [0.717, 1.165) is 11.1 Å². The van der Waals surface area contributed by atoms with Gasteiger partial charge in [0.2, 0.25) is 10.0 Å². The maximum atomic E-state index is 12.7. The number of nitrogens with zero attached hydrogens (tertiary/aromatic N) is 5. The molecule has 0 aliphatic carbocycles. The summed E-state index contributed by atoms with van der Waals surface area (Å²) in [6.45, 7) is 2.51. The van der Waals surface area contributed by atoms with Crippen LogP contribution in [0.3, 0.4) is 0 Å². The van der Waals surface area contributed by atoms with Crippen LogP contribution in [0.4, 0.5) is 0 Å². The van der Waals surface area contributed by atoms with E-state index in [-0.39, 0.29) is 0 Å². The molecule has 0 bridgehead atoms. The van der Waals surface area contributed by atoms with E-state index in [0.29, 0.717) is 48.5 Å². The van der Waals surface area contributed by atoms with E-state index >= 15 is 0 Å². The van der Waals surface area contributed by atoms with Crippen LogP contribution in [-0.2, 0) is 23.7 Å². The highest BCUT2D eigenvalue weighted by Crippen LogP contribution is 2.26. The summed E-state index contributed by atoms with van der Waals surface area (Å²) in [6.07, 6.45) is 1.63. The topological polar surface area (TPSA) is 63.4 Å². The van der Waals surface area contributed by atoms with Crippen LogP contribution in [0.2, 0.25) is 5.02 Å². The lowest BCUT2D eigenvalue weighted by Crippen LogP contribution is -2.48. The molecule has 1 aromatic heterocycles. The molecule has 0 atom stereocenters. The zero-order valence-electron chi connectivity index (χ0n) is 17.6. The lowest BCUT2D eigenvalue weighted by molar-refractivity contribution is 0.145. The van der Waals surface area contributed by atoms with E-state index in [4.69, 9.17) is 23.8 Å². The Kier molecular flexibility index (Phi) is 6.92. The molecule has 1 saturated heterocycles. The van der Waals surface area contributed by atoms with Crippen molar-refractivity contribution in [2.45, 2.75) is 6.67 Å². The van der Waals surface area contributed by atoms with Crippen molar-refractivity contribution in [3.63, 3.8) is 0 Å². The van der Waals surface area contributed by atoms with Crippen molar-refractivity contribution >= 4 is 39.9 Å². The second-order valence-corrected chi connectivity index (χ2v) is 10.2. The van der Waals surface area contributed by atoms with Crippen molar-refractivity contribution in [1.29, 1.82) is 0 Å². The van der Waals surface area contributed by atoms with E-state index in [1.807, 2.05) is 66.2 Å². The van der Waals surface area contributed by atoms with Gasteiger partial charge in [0.25, 0.3) is 0 Å². The fourth-order valence-electron chi connectivity index (χ4n) is 3.59. The molecule has 10 heteroatoms. The maximum absolute atomic E-state index is 12.7. The Balaban J connectivity index is 1.41. The SMILES string of the molecule is Cn1c(-c2ccccc2Cl)nn(CN2CCN(S(=O)(=O)/C=C/c3ccccc3)CC2)c1=S. The molecule has 3 aromatic rings. The van der Waals surface area contributed by atoms with Crippen LogP contribution in [0, 0.1) is 4.77 Å². The number of sulfonamides is 1. The molecular formula is C22H24ClN5O2S2. The third kappa shape index (κ3) is 5.02. The fourth-order valence-corrected chi connectivity index (χ4v) is 5.17. The molecule has 0 N–H and O–H groups in total. The molecule has 0 saturated carbocycles. The minimum atomic E-state index is -3.47. The molecule has 0 radical (unpaired) electrons. The first kappa shape index (κ1) is 22.9. The highest BCUT2D eigenvalue weighted by molar-refractivity contribution is 7.92. The molecule has 7 nitrogen and oxygen atoms in total. The Morgan fingerprint density at radius 1 is 1.03 bits per heavy atom. The predicted octanol–water partition coefficient (Wildman–Crippen LogP) is 3.85. The normalized spacial score (nSPS) is 16.1. The Hall–Kier alpha value is -2.30. The highest BCUT2D eigenvalue weighted by atomic mass is 35.5. The summed E-state index contributed by atoms with van der Waals surface area (Å²) >= 11 is 11.9. The first-order valence-corrected chi connectivity index (χ1v) is 12.5. The average molecular weight is 490 g/mol. The van der Waals surface area contributed by atoms with Crippen molar-refractivity contribution in [2.24, 2.45) is 7.05 Å². The summed E-state index contributed by atoms with van der Waals surface area (Å²) in [6, 6.07) is 16.9. The third-order valence-electron chi connectivity index (χ3n) is 5.41. The minimum Gasteiger partial charge on any atom is -0.303 e. The van der Waals surface area contributed by atoms with Gasteiger partial charge in [-0.05, 0) is 36.0 Å². The molecule has 0 spiro atoms. The van der Waals surface area contributed by atoms with E-state index in [9.17, 15) is 8.42 Å². The van der Waals surface area contributed by atoms with Crippen LogP contribution in [0.25, 0.3) is 17.5 Å². The van der Waals surface area contributed by atoms with Gasteiger partial charge in [0.05, 0.1) is 11.7 Å². The van der Waals surface area contributed by atoms with E-state index in [1.165, 1.54) is 9.71 Å². The average Bonchev–Trinajstić information content (AvgIpc) is 3.07. The zero-order valence-corrected chi connectivity index (χ0v) is 20.0. The number of benzene rings is 2. The summed E-state index contributed by atoms with van der Waals surface area (Å²) in [4.78, 5) is 2.14. The van der Waals surface area contributed by atoms with Crippen LogP contribution in [0.5, 0.6) is 0 Å². The second-order valence-electron chi connectivity index (χ2n) is 7.56. The zero-order chi connectivity index (χ0) is 22.7. The van der Waals surface area contributed by atoms with Crippen LogP contribution in [-0.4, -0.2) is 58.1 Å². The first-order valence-electron chi connectivity index (χ1n) is 10.2. The molecule has 1 fully saturated rings. The van der Waals surface area contributed by atoms with Gasteiger partial charge in [0.1, 0.15) is 0 Å². The van der Waals surface area contributed by atoms with Gasteiger partial charge < -0.3 is 4.57 Å². The Morgan fingerprint density at radius 2 is 1.69 bits per heavy atom. The molecule has 0 unspecified atom stereocenters. The number of aromatic nitrogens is 3. The molecule has 168 valence electrons. The van der Waals surface area contributed by atoms with Crippen LogP contribution in [0.15, 0.2) is 60.0 Å². The van der Waals surface area contributed by atoms with Crippen molar-refractivity contribution in [3.8, 4) is 11.4 Å². The van der Waals surface area contributed by atoms with Gasteiger partial charge in [0.15, 0.2) is 10.6 Å². The molecular weight excluding hydrogens is 466 g/mol. The molecule has 32 heavy (non-hydrogen) atoms. The van der Waals surface area contributed by atoms with Crippen LogP contribution < -0.4 is 0 Å². The van der Waals surface area contributed by atoms with Crippen molar-refractivity contribution in [1.82, 2.24) is 23.6 Å². The lowest BCUT2D eigenvalue weighted by Gasteiger charge is -2.32. The van der Waals surface area contributed by atoms with Crippen LogP contribution >= 0.6 is 23.8 Å². The number of hydrogen-bond donors (Lipinski definition) is 0. The third-order valence-corrected chi connectivity index (χ3v) is 7.79. The van der Waals surface area contributed by atoms with Gasteiger partial charge in [-0.1, -0.05) is 54.1 Å². The van der Waals surface area contributed by atoms with E-state index < -0.39 is 10.0 Å². The van der Waals surface area contributed by atoms with Gasteiger partial charge in [0, 0.05) is 44.2 Å². The van der Waals surface area contributed by atoms with E-state index in [2.05, 4.69) is 10.00 Å². The van der Waals surface area contributed by atoms with Gasteiger partial charge in [-0.2, -0.15) is 9.40 Å². The maximum Gasteiger partial charge on any atom is 0.236 e. The molecule has 1 aliphatic rings. The van der Waals surface area contributed by atoms with Gasteiger partial charge in [-0.15, -0.1) is 0 Å². The van der Waals surface area contributed by atoms with Gasteiger partial charge in [-0.3, -0.25) is 4.90 Å². The number of piperazine rings is 1. The quantitative estimate of drug-likeness (QED) is 0.492. The van der Waals surface area contributed by atoms with Crippen LogP contribution in [0.1, 0.15) is 5.56 Å². The molecule has 2 aromatic carbocycles. The molecule has 4 rings (SSSR count). The largest absolute Gasteiger partial charge is 0.303 e. The Morgan fingerprint density at radius 3 is 2.38 bits per heavy atom. The summed E-state index contributed by atoms with van der Waals surface area (Å²) < 4.78 is 31.1. The molecule has 0 amide bonds. The summed E-state index contributed by atoms with van der Waals surface area (Å²) in [5.41, 5.74) is 1.68. The predicted molar refractivity (Wildman–Crippen MR) is 130 cm³/mol. The Bertz CT molecular complexity index is 1280. The Labute approximate surface area is 198 Å². The summed E-state index contributed by atoms with van der Waals surface area (Å²) in [5.74, 6) is 0.702. The van der Waals surface area contributed by atoms with E-state index in [1.54, 1.807) is 10.8 Å². The van der Waals surface area contributed by atoms with Crippen molar-refractivity contribution in [3.05, 3.63) is 75.4 Å². The molecule has 1 aliphatic heterocycles. The standard InChI is InChI=1S/C22H24ClN5O2S2/c1-25-21(19-9-5-6-10-20(19)23)24-28(22(25)31)17-26-12-14-27(15-13-26)32(29,30)16-11-18-7-3-2-4-8-18/h2-11,16H,12-15,17H2,1H3/b16-11+. The monoisotopic (exact) mass is 489 g/mol. The summed E-state index contributed by atoms with van der Waals surface area (Å²) in [5, 5.41) is 6.57.